The van der Waals surface area contributed by atoms with Crippen LogP contribution in [0, 0.1) is 0 Å². The van der Waals surface area contributed by atoms with Gasteiger partial charge in [0.1, 0.15) is 5.60 Å². The van der Waals surface area contributed by atoms with Crippen molar-refractivity contribution in [3.63, 3.8) is 0 Å². The van der Waals surface area contributed by atoms with Crippen molar-refractivity contribution in [2.24, 2.45) is 0 Å². The molecule has 1 aliphatic rings. The second-order valence-corrected chi connectivity index (χ2v) is 6.25. The van der Waals surface area contributed by atoms with Gasteiger partial charge in [-0.05, 0) is 30.5 Å². The normalized spacial score (nSPS) is 21.0. The molecule has 0 bridgehead atoms. The monoisotopic (exact) mass is 361 g/mol. The van der Waals surface area contributed by atoms with Crippen LogP contribution in [-0.4, -0.2) is 22.7 Å². The van der Waals surface area contributed by atoms with Crippen LogP contribution in [0.4, 0.5) is 13.2 Å². The maximum atomic E-state index is 13.4. The van der Waals surface area contributed by atoms with E-state index in [1.54, 1.807) is 6.92 Å². The average Bonchev–Trinajstić information content (AvgIpc) is 2.87. The van der Waals surface area contributed by atoms with Gasteiger partial charge in [0.2, 0.25) is 0 Å². The summed E-state index contributed by atoms with van der Waals surface area (Å²) in [5, 5.41) is 9.37. The number of carboxylic acids is 1. The van der Waals surface area contributed by atoms with Crippen LogP contribution in [0.1, 0.15) is 36.6 Å². The summed E-state index contributed by atoms with van der Waals surface area (Å²) in [6.07, 6.45) is -4.28. The van der Waals surface area contributed by atoms with Crippen molar-refractivity contribution in [1.82, 2.24) is 4.98 Å². The van der Waals surface area contributed by atoms with E-state index in [2.05, 4.69) is 4.98 Å². The molecule has 0 fully saturated rings. The van der Waals surface area contributed by atoms with Crippen molar-refractivity contribution in [3.8, 4) is 0 Å². The minimum atomic E-state index is -4.53. The first-order chi connectivity index (χ1) is 11.2. The van der Waals surface area contributed by atoms with Gasteiger partial charge in [-0.3, -0.25) is 4.79 Å². The van der Waals surface area contributed by atoms with Gasteiger partial charge < -0.3 is 14.8 Å². The maximum absolute atomic E-state index is 13.4. The third-order valence-electron chi connectivity index (χ3n) is 4.51. The molecule has 1 unspecified atom stereocenters. The summed E-state index contributed by atoms with van der Waals surface area (Å²) >= 11 is 6.09. The number of hydrogen-bond acceptors (Lipinski definition) is 2. The average molecular weight is 362 g/mol. The number of hydrogen-bond donors (Lipinski definition) is 2. The molecule has 0 amide bonds. The van der Waals surface area contributed by atoms with Crippen molar-refractivity contribution in [2.75, 3.05) is 6.61 Å². The van der Waals surface area contributed by atoms with Crippen LogP contribution in [-0.2, 0) is 27.7 Å². The molecule has 1 aromatic heterocycles. The fourth-order valence-corrected chi connectivity index (χ4v) is 3.63. The van der Waals surface area contributed by atoms with Crippen LogP contribution >= 0.6 is 11.6 Å². The fourth-order valence-electron chi connectivity index (χ4n) is 3.42. The molecule has 0 radical (unpaired) electrons. The minimum Gasteiger partial charge on any atom is -0.481 e. The van der Waals surface area contributed by atoms with E-state index in [1.807, 2.05) is 0 Å². The van der Waals surface area contributed by atoms with Gasteiger partial charge in [-0.25, -0.2) is 0 Å². The molecular weight excluding hydrogens is 347 g/mol. The molecule has 8 heteroatoms. The van der Waals surface area contributed by atoms with Crippen molar-refractivity contribution < 1.29 is 27.8 Å². The Kier molecular flexibility index (Phi) is 4.04. The topological polar surface area (TPSA) is 62.3 Å². The predicted molar refractivity (Wildman–Crippen MR) is 82.2 cm³/mol. The van der Waals surface area contributed by atoms with Crippen molar-refractivity contribution in [1.29, 1.82) is 0 Å². The second-order valence-electron chi connectivity index (χ2n) is 5.84. The van der Waals surface area contributed by atoms with E-state index in [1.165, 1.54) is 6.07 Å². The molecule has 0 saturated carbocycles. The number of carboxylic acid groups (broad SMARTS) is 1. The van der Waals surface area contributed by atoms with Crippen LogP contribution in [0.3, 0.4) is 0 Å². The van der Waals surface area contributed by atoms with Crippen molar-refractivity contribution in [2.45, 2.75) is 38.0 Å². The van der Waals surface area contributed by atoms with E-state index < -0.39 is 23.3 Å². The summed E-state index contributed by atoms with van der Waals surface area (Å²) in [5.74, 6) is -1.08. The van der Waals surface area contributed by atoms with Gasteiger partial charge in [0.05, 0.1) is 34.8 Å². The summed E-state index contributed by atoms with van der Waals surface area (Å²) in [6, 6.07) is 2.15. The number of benzene rings is 1. The molecule has 130 valence electrons. The van der Waals surface area contributed by atoms with Crippen LogP contribution in [0.5, 0.6) is 0 Å². The molecular formula is C16H15ClF3NO3. The van der Waals surface area contributed by atoms with E-state index in [9.17, 15) is 23.1 Å². The summed E-state index contributed by atoms with van der Waals surface area (Å²) < 4.78 is 45.9. The van der Waals surface area contributed by atoms with Crippen LogP contribution in [0.25, 0.3) is 10.9 Å². The third-order valence-corrected chi connectivity index (χ3v) is 4.82. The Morgan fingerprint density at radius 2 is 2.17 bits per heavy atom. The van der Waals surface area contributed by atoms with Gasteiger partial charge in [0, 0.05) is 5.39 Å². The number of carbonyl (C=O) groups is 1. The van der Waals surface area contributed by atoms with E-state index in [0.717, 1.165) is 6.07 Å². The Labute approximate surface area is 140 Å². The number of aromatic nitrogens is 1. The first kappa shape index (κ1) is 17.1. The van der Waals surface area contributed by atoms with Crippen molar-refractivity contribution >= 4 is 28.5 Å². The van der Waals surface area contributed by atoms with Gasteiger partial charge in [0.25, 0.3) is 0 Å². The van der Waals surface area contributed by atoms with Crippen LogP contribution in [0.2, 0.25) is 5.02 Å². The highest BCUT2D eigenvalue weighted by molar-refractivity contribution is 6.35. The third kappa shape index (κ3) is 2.56. The Balaban J connectivity index is 2.34. The highest BCUT2D eigenvalue weighted by Crippen LogP contribution is 2.46. The number of H-pyrrole nitrogens is 1. The first-order valence-corrected chi connectivity index (χ1v) is 7.84. The van der Waals surface area contributed by atoms with Gasteiger partial charge in [-0.15, -0.1) is 0 Å². The Morgan fingerprint density at radius 3 is 2.75 bits per heavy atom. The molecule has 2 heterocycles. The standard InChI is InChI=1S/C16H15ClF3NO3/c1-2-15(7-11(22)23)14-8(5-6-24-15)12-9(16(18,19)20)3-4-10(17)13(12)21-14/h3-4,21H,2,5-7H2,1H3,(H,22,23). The van der Waals surface area contributed by atoms with E-state index >= 15 is 0 Å². The lowest BCUT2D eigenvalue weighted by Crippen LogP contribution is -2.37. The fraction of sp³-hybridized carbons (Fsp3) is 0.438. The smallest absolute Gasteiger partial charge is 0.417 e. The van der Waals surface area contributed by atoms with Gasteiger partial charge in [-0.2, -0.15) is 13.2 Å². The zero-order valence-corrected chi connectivity index (χ0v) is 13.5. The summed E-state index contributed by atoms with van der Waals surface area (Å²) in [7, 11) is 0. The van der Waals surface area contributed by atoms with Crippen LogP contribution in [0.15, 0.2) is 12.1 Å². The van der Waals surface area contributed by atoms with Crippen molar-refractivity contribution in [3.05, 3.63) is 34.0 Å². The predicted octanol–water partition coefficient (Wildman–Crippen LogP) is 4.49. The van der Waals surface area contributed by atoms with E-state index in [0.29, 0.717) is 17.7 Å². The Hall–Kier alpha value is -1.73. The molecule has 1 aliphatic heterocycles. The van der Waals surface area contributed by atoms with Gasteiger partial charge >= 0.3 is 12.1 Å². The number of alkyl halides is 3. The molecule has 3 rings (SSSR count). The molecule has 2 N–H and O–H groups in total. The molecule has 4 nitrogen and oxygen atoms in total. The summed E-state index contributed by atoms with van der Waals surface area (Å²) in [4.78, 5) is 14.2. The lowest BCUT2D eigenvalue weighted by molar-refractivity contribution is -0.148. The largest absolute Gasteiger partial charge is 0.481 e. The zero-order valence-electron chi connectivity index (χ0n) is 12.8. The van der Waals surface area contributed by atoms with Gasteiger partial charge in [0.15, 0.2) is 0 Å². The Bertz CT molecular complexity index is 815. The summed E-state index contributed by atoms with van der Waals surface area (Å²) in [6.45, 7) is 1.90. The number of ether oxygens (including phenoxy) is 1. The Morgan fingerprint density at radius 1 is 1.46 bits per heavy atom. The quantitative estimate of drug-likeness (QED) is 0.846. The molecule has 0 aliphatic carbocycles. The molecule has 24 heavy (non-hydrogen) atoms. The molecule has 1 aromatic carbocycles. The highest BCUT2D eigenvalue weighted by Gasteiger charge is 2.43. The number of fused-ring (bicyclic) bond motifs is 3. The number of aromatic amines is 1. The van der Waals surface area contributed by atoms with Gasteiger partial charge in [-0.1, -0.05) is 18.5 Å². The lowest BCUT2D eigenvalue weighted by Gasteiger charge is -2.35. The molecule has 0 saturated heterocycles. The van der Waals surface area contributed by atoms with Crippen LogP contribution < -0.4 is 0 Å². The summed E-state index contributed by atoms with van der Waals surface area (Å²) in [5.41, 5.74) is -0.960. The minimum absolute atomic E-state index is 0.0107. The number of rotatable bonds is 3. The lowest BCUT2D eigenvalue weighted by atomic mass is 9.85. The molecule has 1 atom stereocenters. The van der Waals surface area contributed by atoms with E-state index in [-0.39, 0.29) is 35.4 Å². The van der Waals surface area contributed by atoms with E-state index in [4.69, 9.17) is 16.3 Å². The first-order valence-electron chi connectivity index (χ1n) is 7.46. The highest BCUT2D eigenvalue weighted by atomic mass is 35.5. The number of nitrogens with one attached hydrogen (secondary N) is 1. The number of halogens is 4. The zero-order chi connectivity index (χ0) is 17.7. The maximum Gasteiger partial charge on any atom is 0.417 e. The number of aliphatic carboxylic acids is 1. The molecule has 0 spiro atoms. The second kappa shape index (κ2) is 5.67. The molecule has 2 aromatic rings. The SMILES string of the molecule is CCC1(CC(=O)O)OCCc2c1[nH]c1c(Cl)ccc(C(F)(F)F)c21.